The molecule has 1 atom stereocenters. The summed E-state index contributed by atoms with van der Waals surface area (Å²) in [5.41, 5.74) is 0.826. The summed E-state index contributed by atoms with van der Waals surface area (Å²) in [5, 5.41) is 9.25. The third-order valence-corrected chi connectivity index (χ3v) is 3.82. The number of carbonyl (C=O) groups excluding carboxylic acids is 1. The van der Waals surface area contributed by atoms with Crippen molar-refractivity contribution in [3.8, 4) is 0 Å². The molecular weight excluding hydrogens is 268 g/mol. The average Bonchev–Trinajstić information content (AvgIpc) is 2.98. The van der Waals surface area contributed by atoms with Gasteiger partial charge >= 0.3 is 12.0 Å². The zero-order valence-electron chi connectivity index (χ0n) is 12.4. The quantitative estimate of drug-likeness (QED) is 0.907. The smallest absolute Gasteiger partial charge is 0.326 e. The maximum atomic E-state index is 12.8. The summed E-state index contributed by atoms with van der Waals surface area (Å²) in [5.74, 6) is -0.913. The summed E-state index contributed by atoms with van der Waals surface area (Å²) in [7, 11) is 0. The molecular formula is C16H22N2O3. The molecule has 0 spiro atoms. The monoisotopic (exact) mass is 290 g/mol. The van der Waals surface area contributed by atoms with Gasteiger partial charge in [-0.3, -0.25) is 4.90 Å². The van der Waals surface area contributed by atoms with Crippen molar-refractivity contribution in [2.24, 2.45) is 0 Å². The highest BCUT2D eigenvalue weighted by Crippen LogP contribution is 2.23. The number of anilines is 1. The van der Waals surface area contributed by atoms with Crippen molar-refractivity contribution >= 4 is 17.7 Å². The molecule has 1 unspecified atom stereocenters. The number of para-hydroxylation sites is 1. The number of carbonyl (C=O) groups is 2. The Morgan fingerprint density at radius 2 is 2.05 bits per heavy atom. The first-order chi connectivity index (χ1) is 10.1. The van der Waals surface area contributed by atoms with E-state index in [0.717, 1.165) is 24.9 Å². The van der Waals surface area contributed by atoms with Crippen LogP contribution in [0.4, 0.5) is 10.5 Å². The minimum Gasteiger partial charge on any atom is -0.480 e. The molecule has 0 aromatic heterocycles. The van der Waals surface area contributed by atoms with Gasteiger partial charge in [0.2, 0.25) is 0 Å². The van der Waals surface area contributed by atoms with Crippen LogP contribution in [0.3, 0.4) is 0 Å². The minimum atomic E-state index is -0.913. The van der Waals surface area contributed by atoms with Gasteiger partial charge in [0.1, 0.15) is 6.04 Å². The van der Waals surface area contributed by atoms with Crippen LogP contribution >= 0.6 is 0 Å². The van der Waals surface area contributed by atoms with E-state index >= 15 is 0 Å². The van der Waals surface area contributed by atoms with Gasteiger partial charge < -0.3 is 10.0 Å². The zero-order chi connectivity index (χ0) is 15.2. The molecule has 1 aliphatic rings. The van der Waals surface area contributed by atoms with Gasteiger partial charge in [0.15, 0.2) is 0 Å². The second-order valence-electron chi connectivity index (χ2n) is 5.31. The highest BCUT2D eigenvalue weighted by Gasteiger charge is 2.36. The first-order valence-electron chi connectivity index (χ1n) is 7.51. The van der Waals surface area contributed by atoms with Crippen LogP contribution < -0.4 is 4.90 Å². The van der Waals surface area contributed by atoms with Crippen LogP contribution in [-0.2, 0) is 4.79 Å². The van der Waals surface area contributed by atoms with E-state index in [1.165, 1.54) is 4.90 Å². The van der Waals surface area contributed by atoms with Gasteiger partial charge in [-0.2, -0.15) is 0 Å². The SMILES string of the molecule is CCCCN(C(=O)N1CCCC1C(=O)O)c1ccccc1. The van der Waals surface area contributed by atoms with Crippen molar-refractivity contribution in [1.82, 2.24) is 4.90 Å². The lowest BCUT2D eigenvalue weighted by Crippen LogP contribution is -2.48. The summed E-state index contributed by atoms with van der Waals surface area (Å²) in [6.45, 7) is 3.21. The summed E-state index contributed by atoms with van der Waals surface area (Å²) >= 11 is 0. The minimum absolute atomic E-state index is 0.195. The van der Waals surface area contributed by atoms with E-state index < -0.39 is 12.0 Å². The molecule has 21 heavy (non-hydrogen) atoms. The Hall–Kier alpha value is -2.04. The van der Waals surface area contributed by atoms with E-state index in [-0.39, 0.29) is 6.03 Å². The van der Waals surface area contributed by atoms with Crippen molar-refractivity contribution in [1.29, 1.82) is 0 Å². The molecule has 1 fully saturated rings. The number of carboxylic acids is 1. The van der Waals surface area contributed by atoms with Crippen molar-refractivity contribution < 1.29 is 14.7 Å². The van der Waals surface area contributed by atoms with E-state index in [4.69, 9.17) is 0 Å². The Morgan fingerprint density at radius 3 is 2.67 bits per heavy atom. The zero-order valence-corrected chi connectivity index (χ0v) is 12.4. The van der Waals surface area contributed by atoms with Crippen LogP contribution in [0.15, 0.2) is 30.3 Å². The van der Waals surface area contributed by atoms with Crippen molar-refractivity contribution in [3.63, 3.8) is 0 Å². The Labute approximate surface area is 125 Å². The molecule has 1 saturated heterocycles. The first-order valence-corrected chi connectivity index (χ1v) is 7.51. The third-order valence-electron chi connectivity index (χ3n) is 3.82. The molecule has 1 heterocycles. The highest BCUT2D eigenvalue weighted by atomic mass is 16.4. The largest absolute Gasteiger partial charge is 0.480 e. The molecule has 0 radical (unpaired) electrons. The molecule has 1 N–H and O–H groups in total. The van der Waals surface area contributed by atoms with Gasteiger partial charge in [-0.25, -0.2) is 9.59 Å². The third kappa shape index (κ3) is 3.54. The number of likely N-dealkylation sites (tertiary alicyclic amines) is 1. The number of carboxylic acid groups (broad SMARTS) is 1. The van der Waals surface area contributed by atoms with Crippen molar-refractivity contribution in [2.45, 2.75) is 38.6 Å². The summed E-state index contributed by atoms with van der Waals surface area (Å²) in [6, 6.07) is 8.58. The Bertz CT molecular complexity index is 490. The lowest BCUT2D eigenvalue weighted by molar-refractivity contribution is -0.141. The lowest BCUT2D eigenvalue weighted by Gasteiger charge is -2.30. The number of rotatable bonds is 5. The molecule has 0 saturated carbocycles. The molecule has 0 aliphatic carbocycles. The number of urea groups is 1. The summed E-state index contributed by atoms with van der Waals surface area (Å²) < 4.78 is 0. The fraction of sp³-hybridized carbons (Fsp3) is 0.500. The fourth-order valence-corrected chi connectivity index (χ4v) is 2.67. The molecule has 1 aromatic rings. The Balaban J connectivity index is 2.20. The van der Waals surface area contributed by atoms with E-state index in [9.17, 15) is 14.7 Å². The Kier molecular flexibility index (Phi) is 5.20. The predicted molar refractivity (Wildman–Crippen MR) is 81.5 cm³/mol. The second-order valence-corrected chi connectivity index (χ2v) is 5.31. The van der Waals surface area contributed by atoms with E-state index in [2.05, 4.69) is 6.92 Å². The van der Waals surface area contributed by atoms with Crippen molar-refractivity contribution in [3.05, 3.63) is 30.3 Å². The van der Waals surface area contributed by atoms with E-state index in [1.54, 1.807) is 4.90 Å². The predicted octanol–water partition coefficient (Wildman–Crippen LogP) is 2.96. The number of hydrogen-bond acceptors (Lipinski definition) is 2. The first kappa shape index (κ1) is 15.4. The van der Waals surface area contributed by atoms with E-state index in [1.807, 2.05) is 30.3 Å². The highest BCUT2D eigenvalue weighted by molar-refractivity contribution is 5.94. The summed E-state index contributed by atoms with van der Waals surface area (Å²) in [6.07, 6.45) is 3.17. The van der Waals surface area contributed by atoms with Crippen LogP contribution in [0, 0.1) is 0 Å². The molecule has 1 aliphatic heterocycles. The Morgan fingerprint density at radius 1 is 1.33 bits per heavy atom. The summed E-state index contributed by atoms with van der Waals surface area (Å²) in [4.78, 5) is 27.2. The van der Waals surface area contributed by atoms with E-state index in [0.29, 0.717) is 19.5 Å². The topological polar surface area (TPSA) is 60.9 Å². The maximum Gasteiger partial charge on any atom is 0.326 e. The number of benzene rings is 1. The second kappa shape index (κ2) is 7.11. The number of amides is 2. The molecule has 5 nitrogen and oxygen atoms in total. The molecule has 2 amide bonds. The van der Waals surface area contributed by atoms with Crippen LogP contribution in [0.2, 0.25) is 0 Å². The lowest BCUT2D eigenvalue weighted by atomic mass is 10.2. The van der Waals surface area contributed by atoms with Gasteiger partial charge in [0.05, 0.1) is 0 Å². The van der Waals surface area contributed by atoms with Gasteiger partial charge in [-0.15, -0.1) is 0 Å². The number of aliphatic carboxylic acids is 1. The van der Waals surface area contributed by atoms with Crippen LogP contribution in [-0.4, -0.2) is 41.1 Å². The fourth-order valence-electron chi connectivity index (χ4n) is 2.67. The standard InChI is InChI=1S/C16H22N2O3/c1-2-3-11-17(13-8-5-4-6-9-13)16(21)18-12-7-10-14(18)15(19)20/h4-6,8-9,14H,2-3,7,10-12H2,1H3,(H,19,20). The average molecular weight is 290 g/mol. The number of hydrogen-bond donors (Lipinski definition) is 1. The molecule has 114 valence electrons. The van der Waals surface area contributed by atoms with Gasteiger partial charge in [-0.05, 0) is 31.4 Å². The maximum absolute atomic E-state index is 12.8. The van der Waals surface area contributed by atoms with Gasteiger partial charge in [0.25, 0.3) is 0 Å². The molecule has 1 aromatic carbocycles. The van der Waals surface area contributed by atoms with Gasteiger partial charge in [-0.1, -0.05) is 31.5 Å². The molecule has 2 rings (SSSR count). The molecule has 5 heteroatoms. The van der Waals surface area contributed by atoms with Crippen LogP contribution in [0.1, 0.15) is 32.6 Å². The van der Waals surface area contributed by atoms with Crippen LogP contribution in [0.25, 0.3) is 0 Å². The van der Waals surface area contributed by atoms with Crippen molar-refractivity contribution in [2.75, 3.05) is 18.0 Å². The van der Waals surface area contributed by atoms with Crippen LogP contribution in [0.5, 0.6) is 0 Å². The van der Waals surface area contributed by atoms with Gasteiger partial charge in [0, 0.05) is 18.8 Å². The number of unbranched alkanes of at least 4 members (excludes halogenated alkanes) is 1. The number of nitrogens with zero attached hydrogens (tertiary/aromatic N) is 2. The normalized spacial score (nSPS) is 17.8. The molecule has 0 bridgehead atoms.